The third-order valence-corrected chi connectivity index (χ3v) is 5.97. The van der Waals surface area contributed by atoms with Gasteiger partial charge >= 0.3 is 6.15 Å². The van der Waals surface area contributed by atoms with E-state index < -0.39 is 0 Å². The molecule has 0 bridgehead atoms. The first-order chi connectivity index (χ1) is 12.4. The van der Waals surface area contributed by atoms with Crippen LogP contribution in [0.4, 0.5) is 0 Å². The third-order valence-electron chi connectivity index (χ3n) is 5.97. The Balaban J connectivity index is 0.00000105. The highest BCUT2D eigenvalue weighted by molar-refractivity contribution is 5.22. The second kappa shape index (κ2) is 11.5. The third kappa shape index (κ3) is 6.50. The minimum absolute atomic E-state index is 0.216. The number of carbonyl (C=O) groups excluding carboxylic acids is 2. The lowest BCUT2D eigenvalue weighted by molar-refractivity contribution is -0.191. The van der Waals surface area contributed by atoms with Crippen molar-refractivity contribution in [2.24, 2.45) is 17.3 Å². The minimum atomic E-state index is -0.350. The smallest absolute Gasteiger partial charge is 0.373 e. The summed E-state index contributed by atoms with van der Waals surface area (Å²) in [6.07, 6.45) is 16.0. The summed E-state index contributed by atoms with van der Waals surface area (Å²) in [4.78, 5) is 16.2. The van der Waals surface area contributed by atoms with Crippen LogP contribution in [0.1, 0.15) is 78.6 Å². The monoisotopic (exact) mass is 364 g/mol. The van der Waals surface area contributed by atoms with E-state index in [-0.39, 0.29) is 29.7 Å². The number of aliphatic hydroxyl groups is 2. The maximum atomic E-state index is 10.5. The Morgan fingerprint density at radius 1 is 1.27 bits per heavy atom. The van der Waals surface area contributed by atoms with Gasteiger partial charge in [-0.3, -0.25) is 0 Å². The van der Waals surface area contributed by atoms with Gasteiger partial charge in [-0.1, -0.05) is 70.3 Å². The highest BCUT2D eigenvalue weighted by atomic mass is 16.3. The Morgan fingerprint density at radius 2 is 1.96 bits per heavy atom. The number of allylic oxidation sites excluding steroid dienone is 2. The topological polar surface area (TPSA) is 74.6 Å². The zero-order valence-electron chi connectivity index (χ0n) is 16.6. The Kier molecular flexibility index (Phi) is 10.1. The second-order valence-corrected chi connectivity index (χ2v) is 8.17. The lowest BCUT2D eigenvalue weighted by atomic mass is 9.80. The molecule has 4 heteroatoms. The van der Waals surface area contributed by atoms with Crippen LogP contribution < -0.4 is 0 Å². The average molecular weight is 365 g/mol. The summed E-state index contributed by atoms with van der Waals surface area (Å²) in [6, 6.07) is 0. The van der Waals surface area contributed by atoms with E-state index in [0.29, 0.717) is 5.92 Å². The lowest BCUT2D eigenvalue weighted by Gasteiger charge is -2.24. The van der Waals surface area contributed by atoms with Gasteiger partial charge in [-0.2, -0.15) is 9.59 Å². The molecule has 5 atom stereocenters. The van der Waals surface area contributed by atoms with Crippen LogP contribution in [-0.4, -0.2) is 28.6 Å². The molecule has 0 unspecified atom stereocenters. The fraction of sp³-hybridized carbons (Fsp3) is 0.773. The van der Waals surface area contributed by atoms with Crippen LogP contribution in [0, 0.1) is 17.3 Å². The number of hydrogen-bond donors (Lipinski definition) is 2. The maximum Gasteiger partial charge on any atom is 0.373 e. The number of aliphatic hydroxyl groups excluding tert-OH is 2. The number of fused-ring (bicyclic) bond motifs is 1. The molecule has 148 valence electrons. The predicted molar refractivity (Wildman–Crippen MR) is 102 cm³/mol. The van der Waals surface area contributed by atoms with Crippen molar-refractivity contribution in [1.29, 1.82) is 0 Å². The summed E-state index contributed by atoms with van der Waals surface area (Å²) in [5, 5.41) is 20.6. The number of rotatable bonds is 8. The molecule has 0 aromatic heterocycles. The fourth-order valence-electron chi connectivity index (χ4n) is 4.68. The van der Waals surface area contributed by atoms with Gasteiger partial charge in [-0.15, -0.1) is 0 Å². The van der Waals surface area contributed by atoms with Gasteiger partial charge < -0.3 is 10.2 Å². The van der Waals surface area contributed by atoms with E-state index in [1.807, 2.05) is 6.08 Å². The Labute approximate surface area is 158 Å². The van der Waals surface area contributed by atoms with Crippen LogP contribution in [0.2, 0.25) is 0 Å². The van der Waals surface area contributed by atoms with E-state index in [1.54, 1.807) is 5.57 Å². The van der Waals surface area contributed by atoms with Gasteiger partial charge in [-0.25, -0.2) is 0 Å². The molecule has 0 heterocycles. The van der Waals surface area contributed by atoms with E-state index in [1.165, 1.54) is 25.7 Å². The molecule has 0 spiro atoms. The van der Waals surface area contributed by atoms with Crippen LogP contribution in [0.5, 0.6) is 0 Å². The molecule has 4 nitrogen and oxygen atoms in total. The van der Waals surface area contributed by atoms with Crippen molar-refractivity contribution in [3.8, 4) is 0 Å². The Hall–Kier alpha value is -1.22. The molecule has 0 aromatic rings. The number of unbranched alkanes of at least 4 members (excludes halogenated alkanes) is 3. The zero-order valence-corrected chi connectivity index (χ0v) is 16.6. The molecule has 2 saturated carbocycles. The van der Waals surface area contributed by atoms with E-state index in [4.69, 9.17) is 9.59 Å². The van der Waals surface area contributed by atoms with Crippen molar-refractivity contribution in [1.82, 2.24) is 0 Å². The molecular weight excluding hydrogens is 328 g/mol. The molecule has 0 radical (unpaired) electrons. The molecule has 0 amide bonds. The van der Waals surface area contributed by atoms with Crippen LogP contribution in [0.3, 0.4) is 0 Å². The van der Waals surface area contributed by atoms with Gasteiger partial charge in [-0.05, 0) is 43.4 Å². The van der Waals surface area contributed by atoms with Gasteiger partial charge in [0.1, 0.15) is 0 Å². The first-order valence-corrected chi connectivity index (χ1v) is 10.1. The maximum absolute atomic E-state index is 10.5. The van der Waals surface area contributed by atoms with Crippen LogP contribution in [0.25, 0.3) is 0 Å². The molecule has 2 aliphatic rings. The van der Waals surface area contributed by atoms with E-state index >= 15 is 0 Å². The summed E-state index contributed by atoms with van der Waals surface area (Å²) in [6.45, 7) is 6.75. The molecule has 2 fully saturated rings. The molecular formula is C22H36O4. The highest BCUT2D eigenvalue weighted by Crippen LogP contribution is 2.58. The highest BCUT2D eigenvalue weighted by Gasteiger charge is 2.52. The fourth-order valence-corrected chi connectivity index (χ4v) is 4.68. The SMILES string of the molecule is CCC/C=C1/C[C@@H]2[C@@H](/C=C/[C@@H](O)CCCCC)[C@H](O)C[C@]2(C)C1.O=C=O. The largest absolute Gasteiger partial charge is 0.392 e. The summed E-state index contributed by atoms with van der Waals surface area (Å²) in [5.74, 6) is 0.757. The van der Waals surface area contributed by atoms with Crippen molar-refractivity contribution >= 4 is 6.15 Å². The van der Waals surface area contributed by atoms with Crippen LogP contribution >= 0.6 is 0 Å². The van der Waals surface area contributed by atoms with Gasteiger partial charge in [0.05, 0.1) is 12.2 Å². The molecule has 2 N–H and O–H groups in total. The van der Waals surface area contributed by atoms with Gasteiger partial charge in [0.25, 0.3) is 0 Å². The van der Waals surface area contributed by atoms with Crippen molar-refractivity contribution in [3.05, 3.63) is 23.8 Å². The molecule has 2 aliphatic carbocycles. The van der Waals surface area contributed by atoms with E-state index in [9.17, 15) is 10.2 Å². The van der Waals surface area contributed by atoms with Crippen molar-refractivity contribution < 1.29 is 19.8 Å². The molecule has 2 rings (SSSR count). The predicted octanol–water partition coefficient (Wildman–Crippen LogP) is 4.42. The normalized spacial score (nSPS) is 33.0. The van der Waals surface area contributed by atoms with Crippen molar-refractivity contribution in [2.75, 3.05) is 0 Å². The summed E-state index contributed by atoms with van der Waals surface area (Å²) < 4.78 is 0. The summed E-state index contributed by atoms with van der Waals surface area (Å²) in [7, 11) is 0. The minimum Gasteiger partial charge on any atom is -0.392 e. The summed E-state index contributed by atoms with van der Waals surface area (Å²) in [5.41, 5.74) is 1.84. The van der Waals surface area contributed by atoms with E-state index in [0.717, 1.165) is 32.1 Å². The first-order valence-electron chi connectivity index (χ1n) is 10.1. The quantitative estimate of drug-likeness (QED) is 0.494. The standard InChI is InChI=1S/C21H36O2.CO2/c1-4-6-8-10-17(22)11-12-18-19-13-16(9-7-5-2)14-21(19,3)15-20(18)23;2-1-3/h9,11-12,17-20,22-23H,4-8,10,13-15H2,1-3H3;/b12-11+,16-9-;/t17-,18+,19+,20+,21-;/m0./s1. The van der Waals surface area contributed by atoms with Crippen LogP contribution in [-0.2, 0) is 9.59 Å². The Bertz CT molecular complexity index is 504. The van der Waals surface area contributed by atoms with Gasteiger partial charge in [0, 0.05) is 5.92 Å². The molecule has 26 heavy (non-hydrogen) atoms. The first kappa shape index (κ1) is 22.8. The summed E-state index contributed by atoms with van der Waals surface area (Å²) >= 11 is 0. The number of hydrogen-bond acceptors (Lipinski definition) is 4. The lowest BCUT2D eigenvalue weighted by Crippen LogP contribution is -2.19. The average Bonchev–Trinajstić information content (AvgIpc) is 3.01. The van der Waals surface area contributed by atoms with Crippen molar-refractivity contribution in [3.63, 3.8) is 0 Å². The van der Waals surface area contributed by atoms with E-state index in [2.05, 4.69) is 32.9 Å². The van der Waals surface area contributed by atoms with Gasteiger partial charge in [0.15, 0.2) is 0 Å². The Morgan fingerprint density at radius 3 is 2.58 bits per heavy atom. The molecule has 0 aliphatic heterocycles. The zero-order chi connectivity index (χ0) is 19.6. The van der Waals surface area contributed by atoms with Crippen molar-refractivity contribution in [2.45, 2.75) is 90.8 Å². The molecule has 0 saturated heterocycles. The van der Waals surface area contributed by atoms with Crippen LogP contribution in [0.15, 0.2) is 23.8 Å². The molecule has 0 aromatic carbocycles. The second-order valence-electron chi connectivity index (χ2n) is 8.17. The van der Waals surface area contributed by atoms with Gasteiger partial charge in [0.2, 0.25) is 0 Å².